The molecule has 0 fully saturated rings. The van der Waals surface area contributed by atoms with E-state index in [9.17, 15) is 14.4 Å². The molecule has 8 heteroatoms. The van der Waals surface area contributed by atoms with Crippen LogP contribution in [-0.2, 0) is 19.1 Å². The van der Waals surface area contributed by atoms with Gasteiger partial charge in [0.1, 0.15) is 11.6 Å². The predicted molar refractivity (Wildman–Crippen MR) is 96.3 cm³/mol. The van der Waals surface area contributed by atoms with Gasteiger partial charge in [-0.1, -0.05) is 13.8 Å². The zero-order valence-electron chi connectivity index (χ0n) is 15.5. The first-order valence-electron chi connectivity index (χ1n) is 8.03. The molecule has 2 amide bonds. The minimum atomic E-state index is -0.763. The standard InChI is InChI=1S/C16H31N3O4S/c1-10(2)7-13(15(22)23-16(4,5)6)19-14(21)12(17)8-24-9-18-11(3)20/h10,12-13H,7-9,17H2,1-6H3,(H,18,20)(H,19,21)/t12-,13-/m0/s1. The number of esters is 1. The summed E-state index contributed by atoms with van der Waals surface area (Å²) in [7, 11) is 0. The van der Waals surface area contributed by atoms with Crippen LogP contribution in [-0.4, -0.2) is 47.1 Å². The van der Waals surface area contributed by atoms with Crippen LogP contribution in [0.2, 0.25) is 0 Å². The van der Waals surface area contributed by atoms with Gasteiger partial charge in [-0.15, -0.1) is 11.8 Å². The Balaban J connectivity index is 4.57. The van der Waals surface area contributed by atoms with Crippen LogP contribution in [0.4, 0.5) is 0 Å². The van der Waals surface area contributed by atoms with Crippen LogP contribution in [0.25, 0.3) is 0 Å². The predicted octanol–water partition coefficient (Wildman–Crippen LogP) is 1.01. The Morgan fingerprint density at radius 3 is 2.25 bits per heavy atom. The lowest BCUT2D eigenvalue weighted by molar-refractivity contribution is -0.159. The van der Waals surface area contributed by atoms with Gasteiger partial charge in [0.15, 0.2) is 0 Å². The van der Waals surface area contributed by atoms with Crippen molar-refractivity contribution in [3.63, 3.8) is 0 Å². The van der Waals surface area contributed by atoms with Crippen molar-refractivity contribution in [1.29, 1.82) is 0 Å². The summed E-state index contributed by atoms with van der Waals surface area (Å²) in [6, 6.07) is -1.48. The van der Waals surface area contributed by atoms with E-state index in [1.807, 2.05) is 13.8 Å². The molecule has 0 saturated heterocycles. The topological polar surface area (TPSA) is 111 Å². The van der Waals surface area contributed by atoms with Crippen LogP contribution < -0.4 is 16.4 Å². The fourth-order valence-corrected chi connectivity index (χ4v) is 2.58. The number of hydrogen-bond acceptors (Lipinski definition) is 6. The SMILES string of the molecule is CC(=O)NCSC[C@H](N)C(=O)N[C@@H](CC(C)C)C(=O)OC(C)(C)C. The molecule has 0 unspecified atom stereocenters. The maximum atomic E-state index is 12.3. The molecule has 0 aromatic rings. The summed E-state index contributed by atoms with van der Waals surface area (Å²) in [5.41, 5.74) is 5.23. The number of carbonyl (C=O) groups is 3. The van der Waals surface area contributed by atoms with Crippen LogP contribution in [0.1, 0.15) is 48.0 Å². The second-order valence-corrected chi connectivity index (χ2v) is 8.11. The highest BCUT2D eigenvalue weighted by molar-refractivity contribution is 7.99. The zero-order chi connectivity index (χ0) is 18.9. The number of nitrogens with one attached hydrogen (secondary N) is 2. The molecule has 0 bridgehead atoms. The average molecular weight is 362 g/mol. The Kier molecular flexibility index (Phi) is 9.99. The van der Waals surface area contributed by atoms with Gasteiger partial charge in [0.05, 0.1) is 11.9 Å². The van der Waals surface area contributed by atoms with E-state index in [0.717, 1.165) is 0 Å². The van der Waals surface area contributed by atoms with Crippen molar-refractivity contribution < 1.29 is 19.1 Å². The van der Waals surface area contributed by atoms with E-state index in [4.69, 9.17) is 10.5 Å². The van der Waals surface area contributed by atoms with Gasteiger partial charge in [0.2, 0.25) is 11.8 Å². The lowest BCUT2D eigenvalue weighted by Crippen LogP contribution is -2.51. The zero-order valence-corrected chi connectivity index (χ0v) is 16.3. The van der Waals surface area contributed by atoms with Gasteiger partial charge < -0.3 is 21.1 Å². The average Bonchev–Trinajstić information content (AvgIpc) is 2.39. The van der Waals surface area contributed by atoms with Crippen molar-refractivity contribution in [2.45, 2.75) is 65.6 Å². The van der Waals surface area contributed by atoms with Crippen molar-refractivity contribution in [3.8, 4) is 0 Å². The van der Waals surface area contributed by atoms with Crippen LogP contribution in [0.15, 0.2) is 0 Å². The summed E-state index contributed by atoms with van der Waals surface area (Å²) < 4.78 is 5.36. The third-order valence-electron chi connectivity index (χ3n) is 2.77. The number of amides is 2. The summed E-state index contributed by atoms with van der Waals surface area (Å²) in [5, 5.41) is 5.29. The van der Waals surface area contributed by atoms with Crippen molar-refractivity contribution >= 4 is 29.5 Å². The Hall–Kier alpha value is -1.28. The molecular weight excluding hydrogens is 330 g/mol. The smallest absolute Gasteiger partial charge is 0.329 e. The fourth-order valence-electron chi connectivity index (χ4n) is 1.75. The fraction of sp³-hybridized carbons (Fsp3) is 0.812. The van der Waals surface area contributed by atoms with Crippen LogP contribution in [0, 0.1) is 5.92 Å². The molecule has 4 N–H and O–H groups in total. The summed E-state index contributed by atoms with van der Waals surface area (Å²) >= 11 is 1.34. The van der Waals surface area contributed by atoms with Crippen LogP contribution >= 0.6 is 11.8 Å². The molecule has 0 spiro atoms. The van der Waals surface area contributed by atoms with Gasteiger partial charge in [-0.25, -0.2) is 4.79 Å². The number of hydrogen-bond donors (Lipinski definition) is 3. The molecule has 24 heavy (non-hydrogen) atoms. The van der Waals surface area contributed by atoms with E-state index in [1.165, 1.54) is 18.7 Å². The molecule has 0 aliphatic carbocycles. The Labute approximate surface area is 148 Å². The molecule has 140 valence electrons. The summed E-state index contributed by atoms with van der Waals surface area (Å²) in [5.74, 6) is -0.0489. The largest absolute Gasteiger partial charge is 0.458 e. The molecule has 0 aliphatic rings. The number of carbonyl (C=O) groups excluding carboxylic acids is 3. The number of rotatable bonds is 9. The quantitative estimate of drug-likeness (QED) is 0.321. The second kappa shape index (κ2) is 10.6. The molecule has 0 aromatic carbocycles. The van der Waals surface area contributed by atoms with Gasteiger partial charge in [-0.05, 0) is 33.1 Å². The van der Waals surface area contributed by atoms with Gasteiger partial charge >= 0.3 is 5.97 Å². The molecular formula is C16H31N3O4S. The highest BCUT2D eigenvalue weighted by Gasteiger charge is 2.28. The molecule has 2 atom stereocenters. The normalized spacial score (nSPS) is 14.0. The van der Waals surface area contributed by atoms with Crippen molar-refractivity contribution in [2.75, 3.05) is 11.6 Å². The Morgan fingerprint density at radius 2 is 1.79 bits per heavy atom. The minimum absolute atomic E-state index is 0.137. The maximum absolute atomic E-state index is 12.3. The second-order valence-electron chi connectivity index (χ2n) is 7.08. The Morgan fingerprint density at radius 1 is 1.21 bits per heavy atom. The van der Waals surface area contributed by atoms with E-state index in [-0.39, 0.29) is 11.8 Å². The first-order valence-corrected chi connectivity index (χ1v) is 9.19. The molecule has 0 rings (SSSR count). The van der Waals surface area contributed by atoms with Crippen molar-refractivity contribution in [2.24, 2.45) is 11.7 Å². The lowest BCUT2D eigenvalue weighted by atomic mass is 10.0. The molecule has 0 saturated carbocycles. The number of ether oxygens (including phenoxy) is 1. The van der Waals surface area contributed by atoms with E-state index in [2.05, 4.69) is 10.6 Å². The highest BCUT2D eigenvalue weighted by Crippen LogP contribution is 2.13. The highest BCUT2D eigenvalue weighted by atomic mass is 32.2. The summed E-state index contributed by atoms with van der Waals surface area (Å²) in [4.78, 5) is 35.2. The van der Waals surface area contributed by atoms with Gasteiger partial charge in [-0.2, -0.15) is 0 Å². The third-order valence-corrected chi connectivity index (χ3v) is 3.72. The van der Waals surface area contributed by atoms with Crippen LogP contribution in [0.3, 0.4) is 0 Å². The van der Waals surface area contributed by atoms with Crippen LogP contribution in [0.5, 0.6) is 0 Å². The Bertz CT molecular complexity index is 436. The van der Waals surface area contributed by atoms with Gasteiger partial charge in [0, 0.05) is 12.7 Å². The summed E-state index contributed by atoms with van der Waals surface area (Å²) in [6.45, 7) is 10.7. The molecule has 0 aliphatic heterocycles. The first kappa shape index (κ1) is 22.7. The van der Waals surface area contributed by atoms with Crippen molar-refractivity contribution in [1.82, 2.24) is 10.6 Å². The third kappa shape index (κ3) is 11.3. The number of thioether (sulfide) groups is 1. The number of nitrogens with two attached hydrogens (primary N) is 1. The van der Waals surface area contributed by atoms with Gasteiger partial charge in [0.25, 0.3) is 0 Å². The first-order chi connectivity index (χ1) is 10.9. The van der Waals surface area contributed by atoms with E-state index in [0.29, 0.717) is 18.1 Å². The van der Waals surface area contributed by atoms with Crippen molar-refractivity contribution in [3.05, 3.63) is 0 Å². The molecule has 7 nitrogen and oxygen atoms in total. The lowest BCUT2D eigenvalue weighted by Gasteiger charge is -2.26. The van der Waals surface area contributed by atoms with E-state index in [1.54, 1.807) is 20.8 Å². The molecule has 0 heterocycles. The van der Waals surface area contributed by atoms with E-state index >= 15 is 0 Å². The van der Waals surface area contributed by atoms with E-state index < -0.39 is 29.6 Å². The maximum Gasteiger partial charge on any atom is 0.329 e. The molecule has 0 radical (unpaired) electrons. The monoisotopic (exact) mass is 361 g/mol. The summed E-state index contributed by atoms with van der Waals surface area (Å²) in [6.07, 6.45) is 0.479. The van der Waals surface area contributed by atoms with Gasteiger partial charge in [-0.3, -0.25) is 9.59 Å². The minimum Gasteiger partial charge on any atom is -0.458 e. The molecule has 0 aromatic heterocycles.